The number of nitroso groups, excluding NO2 is 1. The Morgan fingerprint density at radius 2 is 2.18 bits per heavy atom. The SMILES string of the molecule is CCCCOC1[C@H](N=O)C(C)O[C@H](OC)[C@@H]1N. The number of unbranched alkanes of at least 4 members (excludes halogenated alkanes) is 1. The minimum atomic E-state index is -0.576. The maximum absolute atomic E-state index is 10.8. The lowest BCUT2D eigenvalue weighted by molar-refractivity contribution is -0.224. The summed E-state index contributed by atoms with van der Waals surface area (Å²) in [5.41, 5.74) is 5.97. The lowest BCUT2D eigenvalue weighted by atomic mass is 9.96. The molecule has 1 aliphatic heterocycles. The van der Waals surface area contributed by atoms with E-state index in [4.69, 9.17) is 19.9 Å². The zero-order chi connectivity index (χ0) is 12.8. The highest BCUT2D eigenvalue weighted by Crippen LogP contribution is 2.25. The van der Waals surface area contributed by atoms with Crippen molar-refractivity contribution in [2.75, 3.05) is 13.7 Å². The minimum absolute atomic E-state index is 0.344. The molecule has 0 amide bonds. The van der Waals surface area contributed by atoms with E-state index in [-0.39, 0.29) is 6.10 Å². The number of ether oxygens (including phenoxy) is 3. The van der Waals surface area contributed by atoms with Gasteiger partial charge in [-0.2, -0.15) is 4.91 Å². The van der Waals surface area contributed by atoms with Crippen LogP contribution in [0.2, 0.25) is 0 Å². The van der Waals surface area contributed by atoms with Crippen LogP contribution in [0.15, 0.2) is 5.18 Å². The van der Waals surface area contributed by atoms with Gasteiger partial charge in [-0.25, -0.2) is 0 Å². The van der Waals surface area contributed by atoms with Crippen molar-refractivity contribution in [2.24, 2.45) is 10.9 Å². The number of nitrogens with zero attached hydrogens (tertiary/aromatic N) is 1. The van der Waals surface area contributed by atoms with E-state index in [1.54, 1.807) is 6.92 Å². The van der Waals surface area contributed by atoms with Crippen molar-refractivity contribution in [1.82, 2.24) is 0 Å². The van der Waals surface area contributed by atoms with Crippen molar-refractivity contribution in [2.45, 2.75) is 57.3 Å². The molecule has 5 atom stereocenters. The third-order valence-electron chi connectivity index (χ3n) is 3.02. The summed E-state index contributed by atoms with van der Waals surface area (Å²) in [6, 6.07) is -1.07. The first-order valence-electron chi connectivity index (χ1n) is 6.03. The Morgan fingerprint density at radius 3 is 2.71 bits per heavy atom. The van der Waals surface area contributed by atoms with Gasteiger partial charge in [-0.1, -0.05) is 18.5 Å². The van der Waals surface area contributed by atoms with Crippen molar-refractivity contribution in [3.05, 3.63) is 4.91 Å². The Hall–Kier alpha value is -0.560. The molecule has 0 aromatic carbocycles. The quantitative estimate of drug-likeness (QED) is 0.559. The second-order valence-electron chi connectivity index (χ2n) is 4.31. The van der Waals surface area contributed by atoms with Crippen molar-refractivity contribution < 1.29 is 14.2 Å². The molecule has 1 heterocycles. The zero-order valence-corrected chi connectivity index (χ0v) is 10.7. The first-order chi connectivity index (χ1) is 8.15. The van der Waals surface area contributed by atoms with Crippen LogP contribution in [0, 0.1) is 4.91 Å². The van der Waals surface area contributed by atoms with Gasteiger partial charge in [0.25, 0.3) is 0 Å². The molecule has 0 radical (unpaired) electrons. The van der Waals surface area contributed by atoms with Gasteiger partial charge >= 0.3 is 0 Å². The predicted molar refractivity (Wildman–Crippen MR) is 63.6 cm³/mol. The Kier molecular flexibility index (Phi) is 5.97. The van der Waals surface area contributed by atoms with E-state index in [9.17, 15) is 4.91 Å². The van der Waals surface area contributed by atoms with Crippen LogP contribution in [0.25, 0.3) is 0 Å². The second-order valence-corrected chi connectivity index (χ2v) is 4.31. The molecule has 0 bridgehead atoms. The lowest BCUT2D eigenvalue weighted by Crippen LogP contribution is -2.61. The molecule has 0 saturated carbocycles. The topological polar surface area (TPSA) is 83.1 Å². The van der Waals surface area contributed by atoms with Gasteiger partial charge < -0.3 is 19.9 Å². The molecule has 1 saturated heterocycles. The third kappa shape index (κ3) is 3.45. The van der Waals surface area contributed by atoms with Gasteiger partial charge in [-0.15, -0.1) is 0 Å². The zero-order valence-electron chi connectivity index (χ0n) is 10.7. The van der Waals surface area contributed by atoms with Crippen LogP contribution >= 0.6 is 0 Å². The molecule has 2 N–H and O–H groups in total. The Morgan fingerprint density at radius 1 is 1.47 bits per heavy atom. The van der Waals surface area contributed by atoms with Gasteiger partial charge in [0.2, 0.25) is 0 Å². The monoisotopic (exact) mass is 246 g/mol. The molecule has 2 unspecified atom stereocenters. The first-order valence-corrected chi connectivity index (χ1v) is 6.03. The summed E-state index contributed by atoms with van der Waals surface area (Å²) in [6.07, 6.45) is 0.633. The number of nitrogens with two attached hydrogens (primary N) is 1. The molecular formula is C11H22N2O4. The van der Waals surface area contributed by atoms with Gasteiger partial charge in [0.1, 0.15) is 12.1 Å². The Bertz CT molecular complexity index is 240. The van der Waals surface area contributed by atoms with E-state index < -0.39 is 24.5 Å². The summed E-state index contributed by atoms with van der Waals surface area (Å²) in [4.78, 5) is 10.8. The van der Waals surface area contributed by atoms with Crippen LogP contribution in [-0.2, 0) is 14.2 Å². The average Bonchev–Trinajstić information content (AvgIpc) is 2.33. The summed E-state index contributed by atoms with van der Waals surface area (Å²) < 4.78 is 16.3. The highest BCUT2D eigenvalue weighted by molar-refractivity contribution is 4.95. The largest absolute Gasteiger partial charge is 0.374 e. The standard InChI is InChI=1S/C11H22N2O4/c1-4-5-6-16-10-8(12)11(15-3)17-7(2)9(10)13-14/h7-11H,4-6,12H2,1-3H3/t7?,8-,9-,10?,11+/m1/s1. The molecule has 1 fully saturated rings. The Balaban J connectivity index is 2.66. The van der Waals surface area contributed by atoms with Crippen molar-refractivity contribution in [3.63, 3.8) is 0 Å². The molecule has 100 valence electrons. The number of rotatable bonds is 6. The molecule has 6 heteroatoms. The minimum Gasteiger partial charge on any atom is -0.374 e. The fraction of sp³-hybridized carbons (Fsp3) is 1.00. The molecule has 6 nitrogen and oxygen atoms in total. The molecule has 0 spiro atoms. The van der Waals surface area contributed by atoms with E-state index in [1.165, 1.54) is 7.11 Å². The molecule has 1 aliphatic rings. The summed E-state index contributed by atoms with van der Waals surface area (Å²) >= 11 is 0. The average molecular weight is 246 g/mol. The fourth-order valence-corrected chi connectivity index (χ4v) is 1.96. The predicted octanol–water partition coefficient (Wildman–Crippen LogP) is 1.03. The summed E-state index contributed by atoms with van der Waals surface area (Å²) in [5.74, 6) is 0. The summed E-state index contributed by atoms with van der Waals surface area (Å²) in [7, 11) is 1.52. The van der Waals surface area contributed by atoms with Crippen LogP contribution in [0.3, 0.4) is 0 Å². The van der Waals surface area contributed by atoms with E-state index in [2.05, 4.69) is 12.1 Å². The Labute approximate surface area is 102 Å². The fourth-order valence-electron chi connectivity index (χ4n) is 1.96. The highest BCUT2D eigenvalue weighted by Gasteiger charge is 2.44. The van der Waals surface area contributed by atoms with Gasteiger partial charge in [0.05, 0.1) is 12.1 Å². The maximum Gasteiger partial charge on any atom is 0.175 e. The molecule has 0 aliphatic carbocycles. The first kappa shape index (κ1) is 14.5. The van der Waals surface area contributed by atoms with E-state index in [0.29, 0.717) is 6.61 Å². The smallest absolute Gasteiger partial charge is 0.175 e. The number of hydrogen-bond acceptors (Lipinski definition) is 6. The van der Waals surface area contributed by atoms with Crippen molar-refractivity contribution >= 4 is 0 Å². The third-order valence-corrected chi connectivity index (χ3v) is 3.02. The molecule has 0 aromatic rings. The normalized spacial score (nSPS) is 38.0. The summed E-state index contributed by atoms with van der Waals surface area (Å²) in [6.45, 7) is 4.42. The van der Waals surface area contributed by atoms with Gasteiger partial charge in [0.15, 0.2) is 6.29 Å². The lowest BCUT2D eigenvalue weighted by Gasteiger charge is -2.40. The van der Waals surface area contributed by atoms with E-state index in [0.717, 1.165) is 12.8 Å². The van der Waals surface area contributed by atoms with Crippen LogP contribution in [-0.4, -0.2) is 44.3 Å². The van der Waals surface area contributed by atoms with Crippen LogP contribution in [0.5, 0.6) is 0 Å². The van der Waals surface area contributed by atoms with Crippen LogP contribution in [0.1, 0.15) is 26.7 Å². The summed E-state index contributed by atoms with van der Waals surface area (Å²) in [5, 5.41) is 3.07. The maximum atomic E-state index is 10.8. The van der Waals surface area contributed by atoms with Crippen molar-refractivity contribution in [3.8, 4) is 0 Å². The van der Waals surface area contributed by atoms with Gasteiger partial charge in [-0.05, 0) is 13.3 Å². The molecule has 0 aromatic heterocycles. The van der Waals surface area contributed by atoms with Crippen molar-refractivity contribution in [1.29, 1.82) is 0 Å². The highest BCUT2D eigenvalue weighted by atomic mass is 16.7. The molecule has 17 heavy (non-hydrogen) atoms. The van der Waals surface area contributed by atoms with E-state index >= 15 is 0 Å². The number of methoxy groups -OCH3 is 1. The second kappa shape index (κ2) is 7.00. The van der Waals surface area contributed by atoms with Crippen LogP contribution < -0.4 is 5.73 Å². The van der Waals surface area contributed by atoms with Gasteiger partial charge in [-0.3, -0.25) is 0 Å². The molecule has 1 rings (SSSR count). The number of hydrogen-bond donors (Lipinski definition) is 1. The van der Waals surface area contributed by atoms with Gasteiger partial charge in [0, 0.05) is 13.7 Å². The van der Waals surface area contributed by atoms with E-state index in [1.807, 2.05) is 0 Å². The molecular weight excluding hydrogens is 224 g/mol. The van der Waals surface area contributed by atoms with Crippen LogP contribution in [0.4, 0.5) is 0 Å².